The Balaban J connectivity index is 3.89. The van der Waals surface area contributed by atoms with Gasteiger partial charge in [-0.25, -0.2) is 4.39 Å². The molecule has 0 spiro atoms. The van der Waals surface area contributed by atoms with E-state index < -0.39 is 18.2 Å². The van der Waals surface area contributed by atoms with Gasteiger partial charge in [0.05, 0.1) is 6.10 Å². The summed E-state index contributed by atoms with van der Waals surface area (Å²) in [5, 5.41) is 11.7. The Hall–Kier alpha value is -0.810. The zero-order chi connectivity index (χ0) is 11.2. The SMILES string of the molecule is CC(C/C=C(\F)CN=O)OC(C)(C)O. The van der Waals surface area contributed by atoms with Gasteiger partial charge in [-0.1, -0.05) is 5.18 Å². The Morgan fingerprint density at radius 3 is 2.71 bits per heavy atom. The number of nitrogens with zero attached hydrogens (tertiary/aromatic N) is 1. The van der Waals surface area contributed by atoms with Crippen LogP contribution >= 0.6 is 0 Å². The summed E-state index contributed by atoms with van der Waals surface area (Å²) in [4.78, 5) is 9.69. The first kappa shape index (κ1) is 13.2. The van der Waals surface area contributed by atoms with Crippen molar-refractivity contribution in [2.75, 3.05) is 6.54 Å². The monoisotopic (exact) mass is 205 g/mol. The molecule has 0 amide bonds. The molecule has 14 heavy (non-hydrogen) atoms. The average molecular weight is 205 g/mol. The van der Waals surface area contributed by atoms with E-state index in [2.05, 4.69) is 5.18 Å². The lowest BCUT2D eigenvalue weighted by Gasteiger charge is -2.22. The topological polar surface area (TPSA) is 58.9 Å². The third-order valence-electron chi connectivity index (χ3n) is 1.38. The molecule has 0 radical (unpaired) electrons. The molecule has 0 aromatic carbocycles. The predicted octanol–water partition coefficient (Wildman–Crippen LogP) is 2.13. The van der Waals surface area contributed by atoms with E-state index >= 15 is 0 Å². The molecule has 5 heteroatoms. The Bertz CT molecular complexity index is 211. The number of nitroso groups, excluding NO2 is 1. The first-order valence-electron chi connectivity index (χ1n) is 4.39. The van der Waals surface area contributed by atoms with Gasteiger partial charge in [0, 0.05) is 0 Å². The third kappa shape index (κ3) is 7.82. The summed E-state index contributed by atoms with van der Waals surface area (Å²) in [5.74, 6) is -1.81. The molecule has 0 aliphatic heterocycles. The van der Waals surface area contributed by atoms with Gasteiger partial charge < -0.3 is 9.84 Å². The van der Waals surface area contributed by atoms with E-state index in [9.17, 15) is 14.4 Å². The lowest BCUT2D eigenvalue weighted by molar-refractivity contribution is -0.200. The molecule has 0 bridgehead atoms. The second-order valence-electron chi connectivity index (χ2n) is 3.55. The molecule has 1 N–H and O–H groups in total. The van der Waals surface area contributed by atoms with Gasteiger partial charge in [-0.05, 0) is 33.3 Å². The van der Waals surface area contributed by atoms with Crippen LogP contribution < -0.4 is 0 Å². The molecule has 0 saturated heterocycles. The first-order chi connectivity index (χ1) is 6.35. The number of ether oxygens (including phenoxy) is 1. The number of hydrogen-bond donors (Lipinski definition) is 1. The molecule has 0 aliphatic carbocycles. The fourth-order valence-electron chi connectivity index (χ4n) is 0.961. The van der Waals surface area contributed by atoms with E-state index in [1.807, 2.05) is 0 Å². The summed E-state index contributed by atoms with van der Waals surface area (Å²) in [6.45, 7) is 4.25. The van der Waals surface area contributed by atoms with Crippen molar-refractivity contribution < 1.29 is 14.2 Å². The van der Waals surface area contributed by atoms with Gasteiger partial charge in [0.2, 0.25) is 0 Å². The maximum atomic E-state index is 12.6. The van der Waals surface area contributed by atoms with Crippen molar-refractivity contribution in [3.63, 3.8) is 0 Å². The Kier molecular flexibility index (Phi) is 5.49. The molecule has 0 saturated carbocycles. The number of aliphatic hydroxyl groups is 1. The van der Waals surface area contributed by atoms with E-state index in [4.69, 9.17) is 4.74 Å². The summed E-state index contributed by atoms with van der Waals surface area (Å²) in [5.41, 5.74) is 0. The van der Waals surface area contributed by atoms with Gasteiger partial charge in [-0.15, -0.1) is 0 Å². The summed E-state index contributed by atoms with van der Waals surface area (Å²) < 4.78 is 17.7. The zero-order valence-corrected chi connectivity index (χ0v) is 8.66. The van der Waals surface area contributed by atoms with E-state index in [1.54, 1.807) is 6.92 Å². The molecule has 0 rings (SSSR count). The molecular formula is C9H16FNO3. The zero-order valence-electron chi connectivity index (χ0n) is 8.66. The normalized spacial score (nSPS) is 15.4. The highest BCUT2D eigenvalue weighted by Crippen LogP contribution is 2.11. The smallest absolute Gasteiger partial charge is 0.160 e. The molecule has 1 unspecified atom stereocenters. The summed E-state index contributed by atoms with van der Waals surface area (Å²) in [6.07, 6.45) is 1.22. The summed E-state index contributed by atoms with van der Waals surface area (Å²) >= 11 is 0. The predicted molar refractivity (Wildman–Crippen MR) is 51.3 cm³/mol. The molecule has 4 nitrogen and oxygen atoms in total. The highest BCUT2D eigenvalue weighted by molar-refractivity contribution is 4.94. The van der Waals surface area contributed by atoms with Crippen LogP contribution in [0.15, 0.2) is 17.1 Å². The van der Waals surface area contributed by atoms with Crippen LogP contribution in [0.4, 0.5) is 4.39 Å². The van der Waals surface area contributed by atoms with Crippen molar-refractivity contribution in [1.82, 2.24) is 0 Å². The summed E-state index contributed by atoms with van der Waals surface area (Å²) in [7, 11) is 0. The van der Waals surface area contributed by atoms with E-state index in [1.165, 1.54) is 19.9 Å². The molecule has 0 aliphatic rings. The standard InChI is InChI=1S/C9H16FNO3/c1-7(14-9(2,3)12)4-5-8(10)6-11-13/h5,7,12H,4,6H2,1-3H3/b8-5-. The minimum Gasteiger partial charge on any atom is -0.366 e. The number of halogens is 1. The fourth-order valence-corrected chi connectivity index (χ4v) is 0.961. The maximum Gasteiger partial charge on any atom is 0.160 e. The molecule has 0 heterocycles. The van der Waals surface area contributed by atoms with Crippen LogP contribution in [0.3, 0.4) is 0 Å². The second kappa shape index (κ2) is 5.82. The highest BCUT2D eigenvalue weighted by Gasteiger charge is 2.16. The van der Waals surface area contributed by atoms with Crippen molar-refractivity contribution in [2.24, 2.45) is 5.18 Å². The van der Waals surface area contributed by atoms with Crippen LogP contribution in [-0.2, 0) is 4.74 Å². The van der Waals surface area contributed by atoms with E-state index in [0.717, 1.165) is 0 Å². The highest BCUT2D eigenvalue weighted by atomic mass is 19.1. The van der Waals surface area contributed by atoms with Crippen molar-refractivity contribution in [2.45, 2.75) is 39.1 Å². The van der Waals surface area contributed by atoms with Crippen molar-refractivity contribution in [3.8, 4) is 0 Å². The van der Waals surface area contributed by atoms with E-state index in [-0.39, 0.29) is 6.10 Å². The Morgan fingerprint density at radius 2 is 2.29 bits per heavy atom. The number of hydrogen-bond acceptors (Lipinski definition) is 4. The number of rotatable bonds is 6. The fraction of sp³-hybridized carbons (Fsp3) is 0.778. The lowest BCUT2D eigenvalue weighted by atomic mass is 10.2. The minimum absolute atomic E-state index is 0.297. The van der Waals surface area contributed by atoms with Gasteiger partial charge >= 0.3 is 0 Å². The van der Waals surface area contributed by atoms with Gasteiger partial charge in [-0.2, -0.15) is 4.91 Å². The van der Waals surface area contributed by atoms with Crippen LogP contribution in [0, 0.1) is 4.91 Å². The quantitative estimate of drug-likeness (QED) is 0.533. The van der Waals surface area contributed by atoms with Gasteiger partial charge in [-0.3, -0.25) is 0 Å². The van der Waals surface area contributed by atoms with E-state index in [0.29, 0.717) is 6.42 Å². The summed E-state index contributed by atoms with van der Waals surface area (Å²) in [6, 6.07) is 0. The molecule has 0 aromatic rings. The van der Waals surface area contributed by atoms with Gasteiger partial charge in [0.15, 0.2) is 5.79 Å². The molecular weight excluding hydrogens is 189 g/mol. The maximum absolute atomic E-state index is 12.6. The van der Waals surface area contributed by atoms with Gasteiger partial charge in [0.1, 0.15) is 12.4 Å². The molecule has 0 fully saturated rings. The van der Waals surface area contributed by atoms with Crippen LogP contribution in [0.25, 0.3) is 0 Å². The largest absolute Gasteiger partial charge is 0.366 e. The van der Waals surface area contributed by atoms with Crippen molar-refractivity contribution in [1.29, 1.82) is 0 Å². The van der Waals surface area contributed by atoms with Crippen molar-refractivity contribution in [3.05, 3.63) is 16.8 Å². The minimum atomic E-state index is -1.23. The molecule has 82 valence electrons. The molecule has 0 aromatic heterocycles. The van der Waals surface area contributed by atoms with Crippen LogP contribution in [0.5, 0.6) is 0 Å². The molecule has 1 atom stereocenters. The average Bonchev–Trinajstić information content (AvgIpc) is 1.98. The Labute approximate surface area is 82.7 Å². The lowest BCUT2D eigenvalue weighted by Crippen LogP contribution is -2.28. The second-order valence-corrected chi connectivity index (χ2v) is 3.55. The Morgan fingerprint density at radius 1 is 1.71 bits per heavy atom. The van der Waals surface area contributed by atoms with Gasteiger partial charge in [0.25, 0.3) is 0 Å². The first-order valence-corrected chi connectivity index (χ1v) is 4.39. The third-order valence-corrected chi connectivity index (χ3v) is 1.38. The van der Waals surface area contributed by atoms with Crippen LogP contribution in [-0.4, -0.2) is 23.5 Å². The van der Waals surface area contributed by atoms with Crippen molar-refractivity contribution >= 4 is 0 Å². The van der Waals surface area contributed by atoms with Crippen LogP contribution in [0.1, 0.15) is 27.2 Å². The van der Waals surface area contributed by atoms with Crippen LogP contribution in [0.2, 0.25) is 0 Å².